The van der Waals surface area contributed by atoms with E-state index in [1.54, 1.807) is 6.20 Å². The van der Waals surface area contributed by atoms with E-state index in [2.05, 4.69) is 20.9 Å². The van der Waals surface area contributed by atoms with Gasteiger partial charge < -0.3 is 36.9 Å². The molecule has 0 saturated carbocycles. The number of para-hydroxylation sites is 1. The zero-order valence-corrected chi connectivity index (χ0v) is 19.9. The number of fused-ring (bicyclic) bond motifs is 1. The third-order valence-electron chi connectivity index (χ3n) is 5.22. The number of H-pyrrole nitrogens is 1. The van der Waals surface area contributed by atoms with Gasteiger partial charge in [-0.2, -0.15) is 11.8 Å². The van der Waals surface area contributed by atoms with Crippen LogP contribution in [0.3, 0.4) is 0 Å². The molecule has 34 heavy (non-hydrogen) atoms. The second-order valence-corrected chi connectivity index (χ2v) is 8.78. The molecule has 0 aliphatic rings. The lowest BCUT2D eigenvalue weighted by Gasteiger charge is -2.25. The second kappa shape index (κ2) is 13.0. The van der Waals surface area contributed by atoms with Crippen LogP contribution in [0.25, 0.3) is 10.9 Å². The molecular weight excluding hydrogens is 462 g/mol. The van der Waals surface area contributed by atoms with Crippen LogP contribution in [-0.4, -0.2) is 81.7 Å². The highest BCUT2D eigenvalue weighted by atomic mass is 32.2. The first-order chi connectivity index (χ1) is 16.2. The number of aromatic nitrogens is 1. The number of aliphatic carboxylic acids is 1. The molecule has 4 unspecified atom stereocenters. The molecule has 4 atom stereocenters. The van der Waals surface area contributed by atoms with Gasteiger partial charge in [-0.15, -0.1) is 0 Å². The van der Waals surface area contributed by atoms with Gasteiger partial charge in [-0.1, -0.05) is 18.2 Å². The number of amides is 3. The van der Waals surface area contributed by atoms with E-state index in [-0.39, 0.29) is 19.4 Å². The standard InChI is InChI=1S/C22H31N5O6S/c1-12(28)19(27-18(29)10-23)21(31)25-16(7-8-34-2)20(30)26-17(22(32)33)9-13-11-24-15-6-4-3-5-14(13)15/h3-6,11-12,16-17,19,24,28H,7-10,23H2,1-2H3,(H,25,31)(H,26,30)(H,27,29)(H,32,33). The van der Waals surface area contributed by atoms with Crippen molar-refractivity contribution in [3.05, 3.63) is 36.0 Å². The number of carboxylic acids is 1. The summed E-state index contributed by atoms with van der Waals surface area (Å²) in [4.78, 5) is 52.3. The summed E-state index contributed by atoms with van der Waals surface area (Å²) in [7, 11) is 0. The van der Waals surface area contributed by atoms with Gasteiger partial charge in [-0.25, -0.2) is 4.79 Å². The Balaban J connectivity index is 2.15. The summed E-state index contributed by atoms with van der Waals surface area (Å²) in [6.45, 7) is 0.945. The third-order valence-corrected chi connectivity index (χ3v) is 5.87. The third kappa shape index (κ3) is 7.47. The first-order valence-corrected chi connectivity index (χ1v) is 12.1. The van der Waals surface area contributed by atoms with Gasteiger partial charge in [0.05, 0.1) is 12.6 Å². The van der Waals surface area contributed by atoms with E-state index in [0.29, 0.717) is 5.75 Å². The van der Waals surface area contributed by atoms with Crippen molar-refractivity contribution in [2.24, 2.45) is 5.73 Å². The Hall–Kier alpha value is -3.09. The number of aliphatic hydroxyl groups excluding tert-OH is 1. The van der Waals surface area contributed by atoms with Gasteiger partial charge in [0.25, 0.3) is 0 Å². The molecule has 0 aliphatic carbocycles. The van der Waals surface area contributed by atoms with Gasteiger partial charge >= 0.3 is 5.97 Å². The molecule has 1 heterocycles. The fraction of sp³-hybridized carbons (Fsp3) is 0.455. The molecule has 2 aromatic rings. The van der Waals surface area contributed by atoms with Gasteiger partial charge in [0.15, 0.2) is 0 Å². The second-order valence-electron chi connectivity index (χ2n) is 7.80. The van der Waals surface area contributed by atoms with Crippen molar-refractivity contribution in [3.8, 4) is 0 Å². The van der Waals surface area contributed by atoms with Crippen LogP contribution in [0.5, 0.6) is 0 Å². The number of nitrogens with two attached hydrogens (primary N) is 1. The summed E-state index contributed by atoms with van der Waals surface area (Å²) in [6.07, 6.45) is 2.54. The number of rotatable bonds is 13. The zero-order chi connectivity index (χ0) is 25.3. The summed E-state index contributed by atoms with van der Waals surface area (Å²) in [6, 6.07) is 3.80. The van der Waals surface area contributed by atoms with Crippen LogP contribution in [0.1, 0.15) is 18.9 Å². The monoisotopic (exact) mass is 493 g/mol. The fourth-order valence-electron chi connectivity index (χ4n) is 3.40. The molecule has 1 aromatic carbocycles. The van der Waals surface area contributed by atoms with Crippen LogP contribution >= 0.6 is 11.8 Å². The fourth-order valence-corrected chi connectivity index (χ4v) is 3.87. The maximum absolute atomic E-state index is 13.0. The van der Waals surface area contributed by atoms with E-state index in [0.717, 1.165) is 16.5 Å². The average molecular weight is 494 g/mol. The molecule has 0 aliphatic heterocycles. The molecule has 8 N–H and O–H groups in total. The topological polar surface area (TPSA) is 187 Å². The van der Waals surface area contributed by atoms with Crippen molar-refractivity contribution in [2.75, 3.05) is 18.6 Å². The smallest absolute Gasteiger partial charge is 0.326 e. The highest BCUT2D eigenvalue weighted by Gasteiger charge is 2.31. The van der Waals surface area contributed by atoms with Crippen molar-refractivity contribution < 1.29 is 29.4 Å². The Labute approximate surface area is 201 Å². The number of aliphatic hydroxyl groups is 1. The number of thioether (sulfide) groups is 1. The normalized spacial score (nSPS) is 14.6. The molecule has 0 radical (unpaired) electrons. The molecule has 2 rings (SSSR count). The number of carbonyl (C=O) groups is 4. The Morgan fingerprint density at radius 1 is 1.09 bits per heavy atom. The molecule has 1 aromatic heterocycles. The first kappa shape index (κ1) is 27.2. The van der Waals surface area contributed by atoms with E-state index >= 15 is 0 Å². The van der Waals surface area contributed by atoms with Crippen LogP contribution in [0.2, 0.25) is 0 Å². The molecule has 186 valence electrons. The number of carboxylic acid groups (broad SMARTS) is 1. The highest BCUT2D eigenvalue weighted by Crippen LogP contribution is 2.19. The van der Waals surface area contributed by atoms with Crippen LogP contribution < -0.4 is 21.7 Å². The molecule has 0 spiro atoms. The van der Waals surface area contributed by atoms with E-state index in [1.807, 2.05) is 30.5 Å². The van der Waals surface area contributed by atoms with Crippen LogP contribution in [0.15, 0.2) is 30.5 Å². The average Bonchev–Trinajstić information content (AvgIpc) is 3.21. The van der Waals surface area contributed by atoms with Crippen molar-refractivity contribution >= 4 is 46.4 Å². The van der Waals surface area contributed by atoms with Gasteiger partial charge in [0.1, 0.15) is 18.1 Å². The molecule has 12 heteroatoms. The minimum absolute atomic E-state index is 0.0388. The van der Waals surface area contributed by atoms with Gasteiger partial charge in [0.2, 0.25) is 17.7 Å². The Morgan fingerprint density at radius 3 is 2.38 bits per heavy atom. The minimum atomic E-state index is -1.32. The molecule has 0 fully saturated rings. The van der Waals surface area contributed by atoms with Gasteiger partial charge in [0, 0.05) is 23.5 Å². The summed E-state index contributed by atoms with van der Waals surface area (Å²) in [5.41, 5.74) is 6.84. The summed E-state index contributed by atoms with van der Waals surface area (Å²) in [5.74, 6) is -2.81. The Bertz CT molecular complexity index is 1010. The zero-order valence-electron chi connectivity index (χ0n) is 19.0. The first-order valence-electron chi connectivity index (χ1n) is 10.7. The quantitative estimate of drug-likeness (QED) is 0.192. The predicted molar refractivity (Wildman–Crippen MR) is 129 cm³/mol. The lowest BCUT2D eigenvalue weighted by Crippen LogP contribution is -2.59. The van der Waals surface area contributed by atoms with Crippen molar-refractivity contribution in [1.82, 2.24) is 20.9 Å². The maximum Gasteiger partial charge on any atom is 0.326 e. The summed E-state index contributed by atoms with van der Waals surface area (Å²) >= 11 is 1.45. The molecule has 0 bridgehead atoms. The lowest BCUT2D eigenvalue weighted by atomic mass is 10.0. The molecular formula is C22H31N5O6S. The highest BCUT2D eigenvalue weighted by molar-refractivity contribution is 7.98. The van der Waals surface area contributed by atoms with E-state index in [9.17, 15) is 29.4 Å². The Morgan fingerprint density at radius 2 is 1.76 bits per heavy atom. The lowest BCUT2D eigenvalue weighted by molar-refractivity contribution is -0.142. The van der Waals surface area contributed by atoms with E-state index < -0.39 is 47.9 Å². The molecule has 3 amide bonds. The SMILES string of the molecule is CSCCC(NC(=O)C(NC(=O)CN)C(C)O)C(=O)NC(Cc1c[nH]c2ccccc12)C(=O)O. The maximum atomic E-state index is 13.0. The van der Waals surface area contributed by atoms with Gasteiger partial charge in [-0.3, -0.25) is 14.4 Å². The van der Waals surface area contributed by atoms with Crippen LogP contribution in [-0.2, 0) is 25.6 Å². The summed E-state index contributed by atoms with van der Waals surface area (Å²) in [5, 5.41) is 27.8. The summed E-state index contributed by atoms with van der Waals surface area (Å²) < 4.78 is 0. The number of hydrogen-bond donors (Lipinski definition) is 7. The van der Waals surface area contributed by atoms with Crippen molar-refractivity contribution in [1.29, 1.82) is 0 Å². The number of carbonyl (C=O) groups excluding carboxylic acids is 3. The van der Waals surface area contributed by atoms with Crippen LogP contribution in [0, 0.1) is 0 Å². The predicted octanol–water partition coefficient (Wildman–Crippen LogP) is -0.658. The number of nitrogens with one attached hydrogen (secondary N) is 4. The van der Waals surface area contributed by atoms with E-state index in [1.165, 1.54) is 18.7 Å². The number of hydrogen-bond acceptors (Lipinski definition) is 7. The van der Waals surface area contributed by atoms with E-state index in [4.69, 9.17) is 5.73 Å². The largest absolute Gasteiger partial charge is 0.480 e. The van der Waals surface area contributed by atoms with Crippen molar-refractivity contribution in [3.63, 3.8) is 0 Å². The minimum Gasteiger partial charge on any atom is -0.480 e. The number of aromatic amines is 1. The number of benzene rings is 1. The van der Waals surface area contributed by atoms with Gasteiger partial charge in [-0.05, 0) is 37.0 Å². The molecule has 0 saturated heterocycles. The Kier molecular flexibility index (Phi) is 10.4. The molecule has 11 nitrogen and oxygen atoms in total. The van der Waals surface area contributed by atoms with Crippen molar-refractivity contribution in [2.45, 2.75) is 44.0 Å². The van der Waals surface area contributed by atoms with Crippen LogP contribution in [0.4, 0.5) is 0 Å².